The maximum absolute atomic E-state index is 5.00. The summed E-state index contributed by atoms with van der Waals surface area (Å²) in [5.41, 5.74) is 0. The average molecular weight is 375 g/mol. The minimum absolute atomic E-state index is 0.732. The Kier molecular flexibility index (Phi) is 7.69. The zero-order valence-electron chi connectivity index (χ0n) is 16.4. The van der Waals surface area contributed by atoms with Gasteiger partial charge in [0, 0.05) is 43.4 Å². The number of rotatable bonds is 7. The third kappa shape index (κ3) is 5.65. The minimum atomic E-state index is 0.732. The van der Waals surface area contributed by atoms with E-state index in [-0.39, 0.29) is 0 Å². The molecule has 4 nitrogen and oxygen atoms in total. The van der Waals surface area contributed by atoms with Crippen LogP contribution in [0.4, 0.5) is 0 Å². The van der Waals surface area contributed by atoms with Crippen molar-refractivity contribution in [3.05, 3.63) is 30.3 Å². The molecule has 144 valence electrons. The standard InChI is InChI=1S/C21H34N4S/c1-3-22-21(23-14-18-10-12-24(4-2)15-18)25-13-11-19(16-25)17-26-20-8-6-5-7-9-20/h5-9,18-19H,3-4,10-17H2,1-2H3,(H,22,23). The summed E-state index contributed by atoms with van der Waals surface area (Å²) in [5, 5.41) is 3.52. The molecule has 3 rings (SSSR count). The maximum atomic E-state index is 5.00. The van der Waals surface area contributed by atoms with Crippen LogP contribution in [-0.4, -0.2) is 67.3 Å². The molecular weight excluding hydrogens is 340 g/mol. The molecule has 0 amide bonds. The SMILES string of the molecule is CCNC(=NCC1CCN(CC)C1)N1CCC(CSc2ccccc2)C1. The lowest BCUT2D eigenvalue weighted by atomic mass is 10.1. The summed E-state index contributed by atoms with van der Waals surface area (Å²) in [6, 6.07) is 10.8. The van der Waals surface area contributed by atoms with Crippen molar-refractivity contribution in [1.82, 2.24) is 15.1 Å². The first-order chi connectivity index (χ1) is 12.8. The Morgan fingerprint density at radius 2 is 1.92 bits per heavy atom. The van der Waals surface area contributed by atoms with E-state index in [1.807, 2.05) is 11.8 Å². The van der Waals surface area contributed by atoms with Gasteiger partial charge in [0.05, 0.1) is 0 Å². The van der Waals surface area contributed by atoms with E-state index in [0.717, 1.165) is 44.0 Å². The van der Waals surface area contributed by atoms with Crippen molar-refractivity contribution in [3.63, 3.8) is 0 Å². The molecule has 26 heavy (non-hydrogen) atoms. The fourth-order valence-corrected chi connectivity index (χ4v) is 4.93. The second-order valence-corrected chi connectivity index (χ2v) is 8.56. The normalized spacial score (nSPS) is 24.4. The van der Waals surface area contributed by atoms with E-state index in [1.165, 1.54) is 43.1 Å². The molecule has 0 spiro atoms. The lowest BCUT2D eigenvalue weighted by Crippen LogP contribution is -2.40. The number of guanidine groups is 1. The van der Waals surface area contributed by atoms with E-state index in [2.05, 4.69) is 59.3 Å². The third-order valence-electron chi connectivity index (χ3n) is 5.47. The third-order valence-corrected chi connectivity index (χ3v) is 6.71. The molecule has 1 aromatic carbocycles. The van der Waals surface area contributed by atoms with Crippen LogP contribution in [0.5, 0.6) is 0 Å². The monoisotopic (exact) mass is 374 g/mol. The van der Waals surface area contributed by atoms with Gasteiger partial charge in [-0.1, -0.05) is 25.1 Å². The van der Waals surface area contributed by atoms with Crippen LogP contribution in [0.15, 0.2) is 40.2 Å². The van der Waals surface area contributed by atoms with E-state index in [9.17, 15) is 0 Å². The largest absolute Gasteiger partial charge is 0.357 e. The van der Waals surface area contributed by atoms with Crippen LogP contribution in [0.1, 0.15) is 26.7 Å². The molecule has 1 N–H and O–H groups in total. The molecule has 2 fully saturated rings. The second-order valence-electron chi connectivity index (χ2n) is 7.47. The summed E-state index contributed by atoms with van der Waals surface area (Å²) in [4.78, 5) is 11.4. The highest BCUT2D eigenvalue weighted by atomic mass is 32.2. The van der Waals surface area contributed by atoms with Gasteiger partial charge in [-0.15, -0.1) is 11.8 Å². The summed E-state index contributed by atoms with van der Waals surface area (Å²) in [6.45, 7) is 12.3. The van der Waals surface area contributed by atoms with Gasteiger partial charge in [-0.05, 0) is 56.8 Å². The quantitative estimate of drug-likeness (QED) is 0.450. The summed E-state index contributed by atoms with van der Waals surface area (Å²) in [5.74, 6) is 3.82. The first-order valence-corrected chi connectivity index (χ1v) is 11.2. The molecule has 2 saturated heterocycles. The lowest BCUT2D eigenvalue weighted by Gasteiger charge is -2.22. The van der Waals surface area contributed by atoms with Gasteiger partial charge in [-0.25, -0.2) is 0 Å². The molecule has 0 aromatic heterocycles. The molecule has 2 aliphatic rings. The summed E-state index contributed by atoms with van der Waals surface area (Å²) in [6.07, 6.45) is 2.57. The second kappa shape index (κ2) is 10.2. The number of aliphatic imine (C=N–C) groups is 1. The molecule has 5 heteroatoms. The molecule has 0 radical (unpaired) electrons. The summed E-state index contributed by atoms with van der Waals surface area (Å²) >= 11 is 1.99. The predicted molar refractivity (Wildman–Crippen MR) is 113 cm³/mol. The minimum Gasteiger partial charge on any atom is -0.357 e. The van der Waals surface area contributed by atoms with Crippen molar-refractivity contribution in [3.8, 4) is 0 Å². The predicted octanol–water partition coefficient (Wildman–Crippen LogP) is 3.41. The number of thioether (sulfide) groups is 1. The van der Waals surface area contributed by atoms with Gasteiger partial charge < -0.3 is 15.1 Å². The Balaban J connectivity index is 1.48. The first-order valence-electron chi connectivity index (χ1n) is 10.2. The molecule has 2 unspecified atom stereocenters. The van der Waals surface area contributed by atoms with E-state index in [0.29, 0.717) is 0 Å². The smallest absolute Gasteiger partial charge is 0.193 e. The number of likely N-dealkylation sites (tertiary alicyclic amines) is 2. The van der Waals surface area contributed by atoms with Crippen molar-refractivity contribution >= 4 is 17.7 Å². The van der Waals surface area contributed by atoms with Crippen molar-refractivity contribution < 1.29 is 0 Å². The van der Waals surface area contributed by atoms with Crippen molar-refractivity contribution in [2.45, 2.75) is 31.6 Å². The van der Waals surface area contributed by atoms with E-state index < -0.39 is 0 Å². The molecule has 2 atom stereocenters. The van der Waals surface area contributed by atoms with E-state index >= 15 is 0 Å². The lowest BCUT2D eigenvalue weighted by molar-refractivity contribution is 0.343. The molecule has 1 aromatic rings. The van der Waals surface area contributed by atoms with Gasteiger partial charge in [0.1, 0.15) is 0 Å². The molecule has 0 bridgehead atoms. The highest BCUT2D eigenvalue weighted by Gasteiger charge is 2.26. The fourth-order valence-electron chi connectivity index (χ4n) is 3.88. The topological polar surface area (TPSA) is 30.9 Å². The van der Waals surface area contributed by atoms with Crippen LogP contribution in [0.25, 0.3) is 0 Å². The van der Waals surface area contributed by atoms with Crippen molar-refractivity contribution in [1.29, 1.82) is 0 Å². The van der Waals surface area contributed by atoms with Crippen molar-refractivity contribution in [2.75, 3.05) is 51.6 Å². The van der Waals surface area contributed by atoms with Crippen LogP contribution >= 0.6 is 11.8 Å². The van der Waals surface area contributed by atoms with Crippen LogP contribution in [0.3, 0.4) is 0 Å². The van der Waals surface area contributed by atoms with E-state index in [4.69, 9.17) is 4.99 Å². The van der Waals surface area contributed by atoms with Crippen LogP contribution < -0.4 is 5.32 Å². The molecular formula is C21H34N4S. The van der Waals surface area contributed by atoms with Gasteiger partial charge in [0.25, 0.3) is 0 Å². The average Bonchev–Trinajstić information content (AvgIpc) is 3.33. The Labute approximate surface area is 163 Å². The highest BCUT2D eigenvalue weighted by molar-refractivity contribution is 7.99. The zero-order chi connectivity index (χ0) is 18.2. The summed E-state index contributed by atoms with van der Waals surface area (Å²) in [7, 11) is 0. The Morgan fingerprint density at radius 3 is 2.65 bits per heavy atom. The number of nitrogens with one attached hydrogen (secondary N) is 1. The molecule has 0 aliphatic carbocycles. The first kappa shape index (κ1) is 19.6. The number of hydrogen-bond acceptors (Lipinski definition) is 3. The number of nitrogens with zero attached hydrogens (tertiary/aromatic N) is 3. The fraction of sp³-hybridized carbons (Fsp3) is 0.667. The van der Waals surface area contributed by atoms with Crippen LogP contribution in [0, 0.1) is 11.8 Å². The van der Waals surface area contributed by atoms with Gasteiger partial charge in [0.15, 0.2) is 5.96 Å². The number of hydrogen-bond donors (Lipinski definition) is 1. The van der Waals surface area contributed by atoms with Gasteiger partial charge in [-0.3, -0.25) is 4.99 Å². The molecule has 2 aliphatic heterocycles. The summed E-state index contributed by atoms with van der Waals surface area (Å²) < 4.78 is 0. The molecule has 2 heterocycles. The Morgan fingerprint density at radius 1 is 1.12 bits per heavy atom. The van der Waals surface area contributed by atoms with Gasteiger partial charge in [0.2, 0.25) is 0 Å². The van der Waals surface area contributed by atoms with Crippen LogP contribution in [-0.2, 0) is 0 Å². The van der Waals surface area contributed by atoms with Gasteiger partial charge >= 0.3 is 0 Å². The highest BCUT2D eigenvalue weighted by Crippen LogP contribution is 2.26. The Hall–Kier alpha value is -1.20. The van der Waals surface area contributed by atoms with Crippen molar-refractivity contribution in [2.24, 2.45) is 16.8 Å². The molecule has 0 saturated carbocycles. The van der Waals surface area contributed by atoms with E-state index in [1.54, 1.807) is 0 Å². The van der Waals surface area contributed by atoms with Crippen LogP contribution in [0.2, 0.25) is 0 Å². The zero-order valence-corrected chi connectivity index (χ0v) is 17.2. The maximum Gasteiger partial charge on any atom is 0.193 e. The van der Waals surface area contributed by atoms with Gasteiger partial charge in [-0.2, -0.15) is 0 Å². The number of benzene rings is 1. The Bertz CT molecular complexity index is 562.